The zero-order chi connectivity index (χ0) is 18.7. The first-order valence-corrected chi connectivity index (χ1v) is 10.9. The molecule has 2 N–H and O–H groups in total. The summed E-state index contributed by atoms with van der Waals surface area (Å²) in [5, 5.41) is 11.3. The summed E-state index contributed by atoms with van der Waals surface area (Å²) in [5.41, 5.74) is 0.475. The van der Waals surface area contributed by atoms with Crippen molar-refractivity contribution in [2.24, 2.45) is 0 Å². The number of amides is 1. The van der Waals surface area contributed by atoms with Crippen molar-refractivity contribution in [1.29, 1.82) is 0 Å². The number of hydrogen-bond donors (Lipinski definition) is 2. The van der Waals surface area contributed by atoms with Crippen LogP contribution in [0.1, 0.15) is 21.6 Å². The molecular formula is C15H13ClN4O3S3. The van der Waals surface area contributed by atoms with Crippen LogP contribution in [-0.4, -0.2) is 24.5 Å². The number of nitrogens with one attached hydrogen (secondary N) is 2. The largest absolute Gasteiger partial charge is 0.321 e. The Morgan fingerprint density at radius 2 is 1.85 bits per heavy atom. The van der Waals surface area contributed by atoms with Gasteiger partial charge in [-0.3, -0.25) is 9.52 Å². The molecule has 3 rings (SSSR count). The summed E-state index contributed by atoms with van der Waals surface area (Å²) < 4.78 is 27.7. The van der Waals surface area contributed by atoms with E-state index >= 15 is 0 Å². The van der Waals surface area contributed by atoms with E-state index in [1.54, 1.807) is 12.1 Å². The molecular weight excluding hydrogens is 416 g/mol. The minimum atomic E-state index is -3.77. The molecule has 0 saturated heterocycles. The van der Waals surface area contributed by atoms with E-state index in [0.29, 0.717) is 21.3 Å². The van der Waals surface area contributed by atoms with Crippen molar-refractivity contribution < 1.29 is 13.2 Å². The number of nitrogens with zero attached hydrogens (tertiary/aromatic N) is 2. The van der Waals surface area contributed by atoms with E-state index in [1.807, 2.05) is 6.92 Å². The second-order valence-electron chi connectivity index (χ2n) is 5.04. The first kappa shape index (κ1) is 18.8. The van der Waals surface area contributed by atoms with Crippen LogP contribution in [0.3, 0.4) is 0 Å². The molecule has 0 aliphatic rings. The van der Waals surface area contributed by atoms with Crippen LogP contribution in [0.25, 0.3) is 0 Å². The number of halogens is 1. The Hall–Kier alpha value is -2.01. The molecule has 1 amide bonds. The average molecular weight is 429 g/mol. The summed E-state index contributed by atoms with van der Waals surface area (Å²) in [7, 11) is -3.77. The van der Waals surface area contributed by atoms with Gasteiger partial charge in [0.15, 0.2) is 0 Å². The number of thiophene rings is 1. The van der Waals surface area contributed by atoms with Crippen LogP contribution >= 0.6 is 34.3 Å². The third kappa shape index (κ3) is 4.39. The van der Waals surface area contributed by atoms with Crippen molar-refractivity contribution in [1.82, 2.24) is 10.2 Å². The Morgan fingerprint density at radius 3 is 2.42 bits per heavy atom. The summed E-state index contributed by atoms with van der Waals surface area (Å²) in [4.78, 5) is 12.6. The zero-order valence-electron chi connectivity index (χ0n) is 13.4. The predicted molar refractivity (Wildman–Crippen MR) is 104 cm³/mol. The molecule has 7 nitrogen and oxygen atoms in total. The van der Waals surface area contributed by atoms with Crippen molar-refractivity contribution in [3.05, 3.63) is 50.6 Å². The molecule has 3 aromatic rings. The molecule has 0 saturated carbocycles. The number of sulfonamides is 1. The molecule has 0 radical (unpaired) electrons. The number of hydrogen-bond acceptors (Lipinski definition) is 7. The van der Waals surface area contributed by atoms with E-state index in [4.69, 9.17) is 11.6 Å². The smallest absolute Gasteiger partial charge is 0.265 e. The number of aromatic nitrogens is 2. The molecule has 0 spiro atoms. The molecule has 0 fully saturated rings. The van der Waals surface area contributed by atoms with E-state index in [-0.39, 0.29) is 15.9 Å². The van der Waals surface area contributed by atoms with Gasteiger partial charge in [-0.15, -0.1) is 21.5 Å². The monoisotopic (exact) mass is 428 g/mol. The van der Waals surface area contributed by atoms with Crippen molar-refractivity contribution in [2.75, 3.05) is 10.0 Å². The van der Waals surface area contributed by atoms with Crippen LogP contribution in [0.2, 0.25) is 4.34 Å². The van der Waals surface area contributed by atoms with Gasteiger partial charge in [-0.2, -0.15) is 0 Å². The normalized spacial score (nSPS) is 11.3. The maximum atomic E-state index is 12.4. The number of carbonyl (C=O) groups is 1. The number of carbonyl (C=O) groups excluding carboxylic acids is 1. The highest BCUT2D eigenvalue weighted by atomic mass is 35.5. The third-order valence-electron chi connectivity index (χ3n) is 3.21. The Bertz CT molecular complexity index is 1030. The van der Waals surface area contributed by atoms with Gasteiger partial charge in [0.05, 0.1) is 14.1 Å². The maximum absolute atomic E-state index is 12.4. The van der Waals surface area contributed by atoms with Gasteiger partial charge in [0.1, 0.15) is 5.01 Å². The maximum Gasteiger partial charge on any atom is 0.265 e. The SMILES string of the molecule is CCc1nnc(NS(=O)(=O)c2ccc(NC(=O)c3ccc(Cl)s3)cc2)s1. The number of aryl methyl sites for hydroxylation is 1. The third-order valence-corrected chi connectivity index (χ3v) is 6.91. The summed E-state index contributed by atoms with van der Waals surface area (Å²) >= 11 is 8.16. The molecule has 1 aromatic carbocycles. The van der Waals surface area contributed by atoms with Crippen LogP contribution in [0.15, 0.2) is 41.3 Å². The Balaban J connectivity index is 1.70. The summed E-state index contributed by atoms with van der Waals surface area (Å²) in [6.45, 7) is 1.91. The van der Waals surface area contributed by atoms with Crippen LogP contribution in [0, 0.1) is 0 Å². The Morgan fingerprint density at radius 1 is 1.12 bits per heavy atom. The van der Waals surface area contributed by atoms with E-state index in [0.717, 1.165) is 16.3 Å². The minimum absolute atomic E-state index is 0.0583. The lowest BCUT2D eigenvalue weighted by Gasteiger charge is -2.07. The van der Waals surface area contributed by atoms with E-state index in [2.05, 4.69) is 20.2 Å². The van der Waals surface area contributed by atoms with Gasteiger partial charge in [-0.1, -0.05) is 29.9 Å². The highest BCUT2D eigenvalue weighted by molar-refractivity contribution is 7.93. The van der Waals surface area contributed by atoms with Gasteiger partial charge in [0, 0.05) is 5.69 Å². The number of benzene rings is 1. The van der Waals surface area contributed by atoms with Gasteiger partial charge in [0.2, 0.25) is 5.13 Å². The standard InChI is InChI=1S/C15H13ClN4O3S3/c1-2-13-18-19-15(25-13)20-26(22,23)10-5-3-9(4-6-10)17-14(21)11-7-8-12(16)24-11/h3-8H,2H2,1H3,(H,17,21)(H,19,20). The molecule has 26 heavy (non-hydrogen) atoms. The summed E-state index contributed by atoms with van der Waals surface area (Å²) in [6, 6.07) is 9.10. The van der Waals surface area contributed by atoms with Crippen molar-refractivity contribution in [3.8, 4) is 0 Å². The lowest BCUT2D eigenvalue weighted by atomic mass is 10.3. The highest BCUT2D eigenvalue weighted by Crippen LogP contribution is 2.24. The van der Waals surface area contributed by atoms with Gasteiger partial charge in [-0.25, -0.2) is 8.42 Å². The summed E-state index contributed by atoms with van der Waals surface area (Å²) in [6.07, 6.45) is 0.684. The van der Waals surface area contributed by atoms with Gasteiger partial charge < -0.3 is 5.32 Å². The highest BCUT2D eigenvalue weighted by Gasteiger charge is 2.17. The molecule has 0 unspecified atom stereocenters. The Labute approximate surface area is 163 Å². The lowest BCUT2D eigenvalue weighted by molar-refractivity contribution is 0.103. The average Bonchev–Trinajstić information content (AvgIpc) is 3.24. The van der Waals surface area contributed by atoms with Crippen molar-refractivity contribution in [2.45, 2.75) is 18.2 Å². The molecule has 0 atom stereocenters. The zero-order valence-corrected chi connectivity index (χ0v) is 16.6. The first-order valence-electron chi connectivity index (χ1n) is 7.39. The minimum Gasteiger partial charge on any atom is -0.321 e. The van der Waals surface area contributed by atoms with Crippen LogP contribution < -0.4 is 10.0 Å². The molecule has 0 aliphatic carbocycles. The van der Waals surface area contributed by atoms with Crippen molar-refractivity contribution >= 4 is 61.0 Å². The van der Waals surface area contributed by atoms with Gasteiger partial charge in [0.25, 0.3) is 15.9 Å². The second-order valence-corrected chi connectivity index (χ2v) is 9.50. The number of anilines is 2. The van der Waals surface area contributed by atoms with E-state index in [9.17, 15) is 13.2 Å². The molecule has 0 aliphatic heterocycles. The first-order chi connectivity index (χ1) is 12.4. The summed E-state index contributed by atoms with van der Waals surface area (Å²) in [5.74, 6) is -0.309. The van der Waals surface area contributed by atoms with Crippen LogP contribution in [0.4, 0.5) is 10.8 Å². The Kier molecular flexibility index (Phi) is 5.56. The number of rotatable bonds is 6. The molecule has 2 aromatic heterocycles. The van der Waals surface area contributed by atoms with Crippen LogP contribution in [0.5, 0.6) is 0 Å². The van der Waals surface area contributed by atoms with E-state index < -0.39 is 10.0 Å². The topological polar surface area (TPSA) is 101 Å². The molecule has 0 bridgehead atoms. The lowest BCUT2D eigenvalue weighted by Crippen LogP contribution is -2.13. The molecule has 136 valence electrons. The second kappa shape index (κ2) is 7.70. The fraction of sp³-hybridized carbons (Fsp3) is 0.133. The predicted octanol–water partition coefficient (Wildman–Crippen LogP) is 3.87. The van der Waals surface area contributed by atoms with Gasteiger partial charge >= 0.3 is 0 Å². The molecule has 11 heteroatoms. The van der Waals surface area contributed by atoms with Gasteiger partial charge in [-0.05, 0) is 42.8 Å². The van der Waals surface area contributed by atoms with E-state index in [1.165, 1.54) is 35.6 Å². The fourth-order valence-electron chi connectivity index (χ4n) is 1.96. The fourth-order valence-corrected chi connectivity index (χ4v) is 4.81. The quantitative estimate of drug-likeness (QED) is 0.620. The van der Waals surface area contributed by atoms with Crippen LogP contribution in [-0.2, 0) is 16.4 Å². The van der Waals surface area contributed by atoms with Crippen molar-refractivity contribution in [3.63, 3.8) is 0 Å². The molecule has 2 heterocycles.